The van der Waals surface area contributed by atoms with Gasteiger partial charge in [0.25, 0.3) is 0 Å². The van der Waals surface area contributed by atoms with Crippen LogP contribution in [0.3, 0.4) is 0 Å². The lowest BCUT2D eigenvalue weighted by Crippen LogP contribution is -2.59. The monoisotopic (exact) mass is 1380 g/mol. The number of hydrogen-bond donors (Lipinski definition) is 4. The van der Waals surface area contributed by atoms with Gasteiger partial charge < -0.3 is 43.8 Å². The van der Waals surface area contributed by atoms with Gasteiger partial charge in [0.1, 0.15) is 18.1 Å². The number of carbonyl (C=O) groups excluding carboxylic acids is 2. The van der Waals surface area contributed by atoms with E-state index >= 15 is 14.4 Å². The molecule has 532 valence electrons. The SMILES string of the molecule is C/C(CO)=C1\C[C@@H]2c3ccc4cc3[C@@H](C[C@@H]3[C@H]5C=Cc6ccccc6[C@@H]5C[C@H]3[C@]3(C)Oc5ccc6c(CO)c([C@H](CCO)COCO)c(=O)oc6c5[C@@H](OC(=O)C[C@H]5C[C@@H](c6cccc7c6CC[C@@H]6CCC[C@H]8C=Cc9ccccc9[C@@]768)C=C[C@@H]45)[C@@H]3OC1=O)C[C@@]21CCC[C@@H]1CCc1ccccc1. The molecule has 8 aliphatic carbocycles. The third-order valence-electron chi connectivity index (χ3n) is 28.5. The van der Waals surface area contributed by atoms with Gasteiger partial charge in [0.05, 0.1) is 25.4 Å². The van der Waals surface area contributed by atoms with Crippen LogP contribution in [0.1, 0.15) is 230 Å². The molecule has 0 radical (unpaired) electrons. The first-order chi connectivity index (χ1) is 50.3. The maximum atomic E-state index is 16.7. The number of fused-ring (bicyclic) bond motifs is 13. The highest BCUT2D eigenvalue weighted by Crippen LogP contribution is 2.69. The molecule has 12 heteroatoms. The van der Waals surface area contributed by atoms with E-state index < -0.39 is 54.7 Å². The van der Waals surface area contributed by atoms with Gasteiger partial charge in [-0.15, -0.1) is 0 Å². The molecule has 18 rings (SSSR count). The zero-order chi connectivity index (χ0) is 70.0. The summed E-state index contributed by atoms with van der Waals surface area (Å²) < 4.78 is 34.9. The van der Waals surface area contributed by atoms with Crippen LogP contribution in [0, 0.1) is 46.8 Å². The fraction of sp³-hybridized carbons (Fsp3) is 0.462. The first kappa shape index (κ1) is 66.9. The van der Waals surface area contributed by atoms with Crippen molar-refractivity contribution in [3.8, 4) is 5.75 Å². The average molecular weight is 1380 g/mol. The minimum Gasteiger partial charge on any atom is -0.483 e. The molecule has 7 aromatic rings. The standard InChI is InChI=1S/C91H96O12/c1-52(48-93)71-45-79-69-34-28-57-42-72(69)60(47-90(79)39-12-19-61(90)29-24-53-13-4-3-5-14-53)43-74-67-33-26-54-15-6-8-20-65(54)73(67)46-78(74)89(2)86(102-87(71)97)85(83-80(103-89)37-36-70-75(49-94)82(88(98)101-84(70)83)58(38-40-92)50-99-51-95)100-81(96)44-59-41-56(27-32-64(57)59)66-21-11-23-77-68(66)35-31-63-18-10-17-62-30-25-55-16-7-9-22-76(55)91(62,63)77/h3-9,11,13-16,20-23,25-28,30,32-34,36-37,42,56,58-64,67,73-74,78-79,85-86,92-95H,10,12,17-19,24,29,31,35,38-41,43-51H2,1-2H3/b71-52-/t56-,58+,59+,60-,61+,62-,63-,64-,67-,73-,74+,78+,79+,85+,86-,89-,90+,91-/m0/s1. The Bertz CT molecular complexity index is 4690. The van der Waals surface area contributed by atoms with Gasteiger partial charge in [-0.25, -0.2) is 9.59 Å². The lowest BCUT2D eigenvalue weighted by molar-refractivity contribution is -0.202. The second-order valence-electron chi connectivity index (χ2n) is 32.9. The maximum Gasteiger partial charge on any atom is 0.340 e. The molecule has 7 bridgehead atoms. The van der Waals surface area contributed by atoms with Gasteiger partial charge in [-0.2, -0.15) is 0 Å². The van der Waals surface area contributed by atoms with E-state index in [0.717, 1.165) is 64.2 Å². The first-order valence-corrected chi connectivity index (χ1v) is 38.8. The number of benzene rings is 6. The van der Waals surface area contributed by atoms with Crippen molar-refractivity contribution in [1.82, 2.24) is 0 Å². The summed E-state index contributed by atoms with van der Waals surface area (Å²) in [5.74, 6) is -1.09. The molecule has 0 amide bonds. The van der Waals surface area contributed by atoms with Crippen molar-refractivity contribution in [2.45, 2.75) is 188 Å². The van der Waals surface area contributed by atoms with Crippen molar-refractivity contribution < 1.29 is 53.4 Å². The molecule has 4 N–H and O–H groups in total. The third-order valence-corrected chi connectivity index (χ3v) is 28.5. The van der Waals surface area contributed by atoms with Crippen LogP contribution in [-0.2, 0) is 48.7 Å². The predicted molar refractivity (Wildman–Crippen MR) is 396 cm³/mol. The van der Waals surface area contributed by atoms with Gasteiger partial charge in [0, 0.05) is 58.6 Å². The minimum atomic E-state index is -1.43. The number of hydrogen-bond acceptors (Lipinski definition) is 12. The molecule has 0 unspecified atom stereocenters. The third kappa shape index (κ3) is 10.7. The van der Waals surface area contributed by atoms with E-state index in [4.69, 9.17) is 23.4 Å². The summed E-state index contributed by atoms with van der Waals surface area (Å²) in [5.41, 5.74) is 13.5. The molecule has 2 spiro atoms. The molecule has 0 saturated heterocycles. The number of ether oxygens (including phenoxy) is 4. The molecule has 6 aromatic carbocycles. The number of allylic oxidation sites excluding steroid dienone is 4. The number of carbonyl (C=O) groups is 2. The summed E-state index contributed by atoms with van der Waals surface area (Å²) >= 11 is 0. The first-order valence-electron chi connectivity index (χ1n) is 38.8. The van der Waals surface area contributed by atoms with Crippen LogP contribution >= 0.6 is 0 Å². The van der Waals surface area contributed by atoms with Gasteiger partial charge in [-0.1, -0.05) is 165 Å². The Kier molecular flexibility index (Phi) is 17.3. The number of aliphatic hydroxyl groups excluding tert-OH is 4. The zero-order valence-electron chi connectivity index (χ0n) is 59.4. The highest BCUT2D eigenvalue weighted by atomic mass is 16.6. The summed E-state index contributed by atoms with van der Waals surface area (Å²) in [6, 6.07) is 46.8. The molecule has 11 aliphatic rings. The molecule has 3 aliphatic heterocycles. The Balaban J connectivity index is 0.861. The zero-order valence-corrected chi connectivity index (χ0v) is 59.4. The second kappa shape index (κ2) is 26.6. The Morgan fingerprint density at radius 2 is 1.55 bits per heavy atom. The Hall–Kier alpha value is -7.97. The number of aliphatic hydroxyl groups is 4. The van der Waals surface area contributed by atoms with Gasteiger partial charge in [-0.3, -0.25) is 4.79 Å². The van der Waals surface area contributed by atoms with Crippen LogP contribution in [0.2, 0.25) is 0 Å². The molecule has 3 fully saturated rings. The van der Waals surface area contributed by atoms with E-state index in [9.17, 15) is 20.4 Å². The maximum absolute atomic E-state index is 16.7. The van der Waals surface area contributed by atoms with Crippen LogP contribution in [0.5, 0.6) is 5.75 Å². The molecule has 103 heavy (non-hydrogen) atoms. The van der Waals surface area contributed by atoms with Crippen molar-refractivity contribution in [1.29, 1.82) is 0 Å². The van der Waals surface area contributed by atoms with Crippen LogP contribution in [0.15, 0.2) is 172 Å². The average Bonchev–Trinajstić information content (AvgIpc) is 0.863. The number of rotatable bonds is 12. The largest absolute Gasteiger partial charge is 0.483 e. The smallest absolute Gasteiger partial charge is 0.340 e. The lowest BCUT2D eigenvalue weighted by atomic mass is 9.48. The summed E-state index contributed by atoms with van der Waals surface area (Å²) in [6.45, 7) is 1.84. The quantitative estimate of drug-likeness (QED) is 0.0299. The Morgan fingerprint density at radius 1 is 0.738 bits per heavy atom. The van der Waals surface area contributed by atoms with Crippen molar-refractivity contribution in [2.75, 3.05) is 26.6 Å². The van der Waals surface area contributed by atoms with Crippen molar-refractivity contribution >= 4 is 35.1 Å². The fourth-order valence-corrected chi connectivity index (χ4v) is 24.1. The molecular weight excluding hydrogens is 1280 g/mol. The highest BCUT2D eigenvalue weighted by molar-refractivity contribution is 5.91. The van der Waals surface area contributed by atoms with E-state index in [-0.39, 0.29) is 119 Å². The summed E-state index contributed by atoms with van der Waals surface area (Å²) in [7, 11) is 0. The van der Waals surface area contributed by atoms with Gasteiger partial charge in [0.15, 0.2) is 17.8 Å². The number of esters is 2. The Labute approximate surface area is 603 Å². The number of aryl methyl sites for hydroxylation is 1. The van der Waals surface area contributed by atoms with E-state index in [1.165, 1.54) is 74.0 Å². The normalized spacial score (nSPS) is 33.3. The lowest BCUT2D eigenvalue weighted by Gasteiger charge is -2.55. The molecule has 12 nitrogen and oxygen atoms in total. The van der Waals surface area contributed by atoms with Gasteiger partial charge >= 0.3 is 17.6 Å². The summed E-state index contributed by atoms with van der Waals surface area (Å²) in [6.07, 6.45) is 26.1. The fourth-order valence-electron chi connectivity index (χ4n) is 24.1. The molecule has 4 heterocycles. The minimum absolute atomic E-state index is 0.00715. The molecule has 3 saturated carbocycles. The molecule has 1 aromatic heterocycles. The van der Waals surface area contributed by atoms with E-state index in [1.807, 2.05) is 13.0 Å². The van der Waals surface area contributed by atoms with E-state index in [0.29, 0.717) is 59.3 Å². The van der Waals surface area contributed by atoms with E-state index in [2.05, 4.69) is 159 Å². The van der Waals surface area contributed by atoms with Crippen LogP contribution in [0.4, 0.5) is 0 Å². The second-order valence-corrected chi connectivity index (χ2v) is 32.9. The van der Waals surface area contributed by atoms with E-state index in [1.54, 1.807) is 6.07 Å². The molecule has 18 atom stereocenters. The van der Waals surface area contributed by atoms with Crippen molar-refractivity contribution in [3.05, 3.63) is 251 Å². The van der Waals surface area contributed by atoms with Gasteiger partial charge in [0.2, 0.25) is 0 Å². The highest BCUT2D eigenvalue weighted by Gasteiger charge is 2.64. The molecular formula is C91H96O12. The van der Waals surface area contributed by atoms with Crippen LogP contribution < -0.4 is 10.4 Å². The summed E-state index contributed by atoms with van der Waals surface area (Å²) in [4.78, 5) is 48.2. The van der Waals surface area contributed by atoms with Crippen molar-refractivity contribution in [2.24, 2.45) is 46.8 Å². The Morgan fingerprint density at radius 3 is 2.40 bits per heavy atom. The van der Waals surface area contributed by atoms with Crippen molar-refractivity contribution in [3.63, 3.8) is 0 Å². The predicted octanol–water partition coefficient (Wildman–Crippen LogP) is 16.7. The van der Waals surface area contributed by atoms with Crippen LogP contribution in [0.25, 0.3) is 23.1 Å². The van der Waals surface area contributed by atoms with Gasteiger partial charge in [-0.05, 0) is 247 Å². The summed E-state index contributed by atoms with van der Waals surface area (Å²) in [5, 5.41) is 43.7. The topological polar surface area (TPSA) is 182 Å². The van der Waals surface area contributed by atoms with Crippen LogP contribution in [-0.4, -0.2) is 70.7 Å².